The number of halogens is 2. The Morgan fingerprint density at radius 2 is 1.16 bits per heavy atom. The number of nitrogens with one attached hydrogen (secondary N) is 2. The van der Waals surface area contributed by atoms with Crippen molar-refractivity contribution in [1.29, 1.82) is 0 Å². The average molecular weight is 1270 g/mol. The van der Waals surface area contributed by atoms with Gasteiger partial charge in [-0.3, -0.25) is 9.12 Å². The van der Waals surface area contributed by atoms with Crippen LogP contribution in [0, 0.1) is 4.77 Å². The van der Waals surface area contributed by atoms with Crippen molar-refractivity contribution in [2.24, 2.45) is 53.0 Å². The molecule has 0 radical (unpaired) electrons. The summed E-state index contributed by atoms with van der Waals surface area (Å²) in [6.07, 6.45) is 0. The monoisotopic (exact) mass is 1270 g/mol. The molecule has 0 spiro atoms. The number of hydrogen-bond donors (Lipinski definition) is 3. The number of alkyl halides is 1. The topological polar surface area (TPSA) is 556 Å². The zero-order valence-corrected chi connectivity index (χ0v) is 51.5. The third-order valence-corrected chi connectivity index (χ3v) is 12.7. The van der Waals surface area contributed by atoms with Gasteiger partial charge in [0.1, 0.15) is 0 Å². The number of thiocarbonyl (C=S) groups is 1. The molecule has 6 aromatic rings. The van der Waals surface area contributed by atoms with Crippen LogP contribution in [0.1, 0.15) is 27.7 Å². The van der Waals surface area contributed by atoms with Gasteiger partial charge in [-0.2, -0.15) is 5.21 Å². The van der Waals surface area contributed by atoms with E-state index in [-0.39, 0.29) is 61.7 Å². The van der Waals surface area contributed by atoms with E-state index in [1.807, 2.05) is 20.9 Å². The maximum absolute atomic E-state index is 11.1. The molecule has 49 heteroatoms. The summed E-state index contributed by atoms with van der Waals surface area (Å²) in [5.41, 5.74) is 18.0. The number of rotatable bonds is 9. The Kier molecular flexibility index (Phi) is 53.7. The zero-order chi connectivity index (χ0) is 55.1. The van der Waals surface area contributed by atoms with Crippen LogP contribution in [0.3, 0.4) is 0 Å². The summed E-state index contributed by atoms with van der Waals surface area (Å²) < 4.78 is 86.7. The SMILES string of the molecule is CCBr.CCS(=O)(=O)c1nnnn1C.CCS(=O)c1nnnn1C.CCSc1nnnn1C.CN.CN=C=S.CNS(=O)(=O)c1nnnn1C.Cn1[nH]nnc1=S.Cn1nnnc1S(=O)(=O)Cl.O.O.[N-]=[N+]=[N-].[Na+]. The first-order valence-corrected chi connectivity index (χ1v) is 27.8. The van der Waals surface area contributed by atoms with E-state index in [1.54, 1.807) is 49.2 Å². The third-order valence-electron chi connectivity index (χ3n) is 5.74. The van der Waals surface area contributed by atoms with Crippen LogP contribution in [-0.2, 0) is 82.0 Å². The predicted molar refractivity (Wildman–Crippen MR) is 268 cm³/mol. The molecule has 0 aliphatic rings. The maximum Gasteiger partial charge on any atom is 1.00 e. The van der Waals surface area contributed by atoms with Crippen LogP contribution in [0.15, 0.2) is 30.8 Å². The van der Waals surface area contributed by atoms with Gasteiger partial charge in [0.2, 0.25) is 24.9 Å². The normalized spacial score (nSPS) is 9.81. The predicted octanol–water partition coefficient (Wildman–Crippen LogP) is -6.29. The van der Waals surface area contributed by atoms with Gasteiger partial charge in [0.15, 0.2) is 0 Å². The number of aromatic amines is 1. The van der Waals surface area contributed by atoms with Crippen molar-refractivity contribution in [2.45, 2.75) is 53.5 Å². The molecule has 39 nitrogen and oxygen atoms in total. The molecule has 412 valence electrons. The number of sulfone groups is 1. The van der Waals surface area contributed by atoms with Crippen LogP contribution in [0.2, 0.25) is 0 Å². The van der Waals surface area contributed by atoms with Crippen molar-refractivity contribution in [2.75, 3.05) is 43.7 Å². The van der Waals surface area contributed by atoms with Crippen LogP contribution in [0.4, 0.5) is 0 Å². The molecule has 0 aliphatic carbocycles. The average Bonchev–Trinajstić information content (AvgIpc) is 4.21. The molecular formula is C24H55BrClN30NaO9S7. The Morgan fingerprint density at radius 3 is 1.40 bits per heavy atom. The molecular weight excluding hydrogens is 1220 g/mol. The van der Waals surface area contributed by atoms with Gasteiger partial charge >= 0.3 is 29.6 Å². The van der Waals surface area contributed by atoms with Crippen molar-refractivity contribution in [3.05, 3.63) is 20.7 Å². The number of nitrogens with zero attached hydrogens (tertiary/aromatic N) is 27. The standard InChI is InChI=1S/C4H8N4O2S.C4H8N4OS.C4H8N4S.C3H7N5O2S.C2H5Br.C2H3ClN4O2S.C2H4N4S.C2H3NS.CH5N.N3.Na.2H2O/c1-3-11(9,10)4-5-6-7-8(4)2;1-3-10(9)4-5-6-7-8(4)2;1-3-9-4-5-6-7-8(4)2;1-4-11(9,10)3-5-6-7-8(3)2;1-2-3;1-7-2(4-5-6-7)10(3,8)9;1-6-2(7)3-4-5-6;1-3-2-4;1-2;1-3-2;;;/h3H2,1-2H3;3H2,1-2H3;3H2,1-2H3;4H,1-2H3;2H2,1H3;1H3;1H3,(H,3,5,7);1H3;2H2,1H3;;;2*1H2/q;;;;;;;;;-1;+1;;. The second-order valence-electron chi connectivity index (χ2n) is 10.4. The van der Waals surface area contributed by atoms with E-state index >= 15 is 0 Å². The van der Waals surface area contributed by atoms with Crippen LogP contribution in [0.5, 0.6) is 0 Å². The quantitative estimate of drug-likeness (QED) is 0.0139. The fourth-order valence-corrected chi connectivity index (χ4v) is 6.66. The second kappa shape index (κ2) is 47.4. The summed E-state index contributed by atoms with van der Waals surface area (Å²) in [6, 6.07) is 0. The van der Waals surface area contributed by atoms with Crippen molar-refractivity contribution >= 4 is 108 Å². The summed E-state index contributed by atoms with van der Waals surface area (Å²) in [6.45, 7) is 7.48. The fourth-order valence-electron chi connectivity index (χ4n) is 2.84. The Labute approximate surface area is 470 Å². The first-order chi connectivity index (χ1) is 32.8. The van der Waals surface area contributed by atoms with Gasteiger partial charge in [0.05, 0.1) is 21.7 Å². The molecule has 0 aromatic carbocycles. The molecule has 0 aliphatic heterocycles. The Bertz CT molecular complexity index is 2750. The van der Waals surface area contributed by atoms with Crippen LogP contribution < -0.4 is 40.0 Å². The zero-order valence-electron chi connectivity index (χ0n) is 41.5. The number of nitrogens with two attached hydrogens (primary N) is 1. The smallest absolute Gasteiger partial charge is 0.412 e. The van der Waals surface area contributed by atoms with Crippen LogP contribution >= 0.6 is 62.8 Å². The van der Waals surface area contributed by atoms with Crippen LogP contribution in [0.25, 0.3) is 16.0 Å². The molecule has 0 saturated heterocycles. The van der Waals surface area contributed by atoms with E-state index in [9.17, 15) is 29.5 Å². The van der Waals surface area contributed by atoms with Gasteiger partial charge in [-0.05, 0) is 96.4 Å². The molecule has 6 heterocycles. The van der Waals surface area contributed by atoms with Crippen molar-refractivity contribution in [3.63, 3.8) is 0 Å². The van der Waals surface area contributed by atoms with E-state index in [2.05, 4.69) is 161 Å². The molecule has 1 unspecified atom stereocenters. The summed E-state index contributed by atoms with van der Waals surface area (Å²) >= 11 is 13.6. The number of isothiocyanates is 1. The molecule has 73 heavy (non-hydrogen) atoms. The van der Waals surface area contributed by atoms with Gasteiger partial charge in [-0.15, -0.1) is 5.10 Å². The van der Waals surface area contributed by atoms with Crippen LogP contribution in [-0.4, -0.2) is 211 Å². The number of H-pyrrole nitrogens is 1. The number of tetrazole rings is 6. The molecule has 8 N–H and O–H groups in total. The molecule has 0 fully saturated rings. The second-order valence-corrected chi connectivity index (χ2v) is 21.3. The number of thioether (sulfide) groups is 1. The minimum absolute atomic E-state index is 0. The van der Waals surface area contributed by atoms with Gasteiger partial charge in [0.25, 0.3) is 34.5 Å². The fraction of sp³-hybridized carbons (Fsp3) is 0.708. The van der Waals surface area contributed by atoms with Gasteiger partial charge in [-0.25, -0.2) is 63.1 Å². The van der Waals surface area contributed by atoms with Crippen molar-refractivity contribution < 1.29 is 70.0 Å². The summed E-state index contributed by atoms with van der Waals surface area (Å²) in [5, 5.41) is 64.1. The Balaban J connectivity index is -0.000000136. The number of aliphatic imine (C=N–C) groups is 1. The number of aryl methyl sites for hydroxylation is 6. The third kappa shape index (κ3) is 36.3. The van der Waals surface area contributed by atoms with Gasteiger partial charge in [0, 0.05) is 71.1 Å². The maximum atomic E-state index is 11.1. The number of hydrogen-bond acceptors (Lipinski definition) is 29. The molecule has 6 rings (SSSR count). The summed E-state index contributed by atoms with van der Waals surface area (Å²) in [4.78, 5) is 4.80. The largest absolute Gasteiger partial charge is 1.00 e. The van der Waals surface area contributed by atoms with E-state index in [0.29, 0.717) is 15.7 Å². The first kappa shape index (κ1) is 82.7. The summed E-state index contributed by atoms with van der Waals surface area (Å²) in [7, 11) is 7.27. The van der Waals surface area contributed by atoms with Gasteiger partial charge in [-0.1, -0.05) is 86.1 Å². The molecule has 0 bridgehead atoms. The minimum atomic E-state index is -3.79. The van der Waals surface area contributed by atoms with E-state index < -0.39 is 39.7 Å². The molecule has 1 atom stereocenters. The summed E-state index contributed by atoms with van der Waals surface area (Å²) in [5.74, 6) is 1.57. The molecule has 0 saturated carbocycles. The van der Waals surface area contributed by atoms with E-state index in [0.717, 1.165) is 30.3 Å². The minimum Gasteiger partial charge on any atom is -0.412 e. The molecule has 0 amide bonds. The van der Waals surface area contributed by atoms with Crippen molar-refractivity contribution in [1.82, 2.24) is 126 Å². The van der Waals surface area contributed by atoms with Gasteiger partial charge < -0.3 is 27.7 Å². The Hall–Kier alpha value is -4.29. The van der Waals surface area contributed by atoms with E-state index in [1.165, 1.54) is 44.8 Å². The molecule has 6 aromatic heterocycles. The van der Waals surface area contributed by atoms with E-state index in [4.69, 9.17) is 21.7 Å². The number of aromatic nitrogens is 24. The van der Waals surface area contributed by atoms with Crippen molar-refractivity contribution in [3.8, 4) is 0 Å². The first-order valence-electron chi connectivity index (χ1n) is 18.1. The number of sulfonamides is 1. The Morgan fingerprint density at radius 1 is 0.781 bits per heavy atom.